The fourth-order valence-electron chi connectivity index (χ4n) is 3.83. The Morgan fingerprint density at radius 2 is 1.50 bits per heavy atom. The van der Waals surface area contributed by atoms with Gasteiger partial charge in [-0.2, -0.15) is 0 Å². The van der Waals surface area contributed by atoms with Crippen LogP contribution in [0.2, 0.25) is 0 Å². The first-order valence-corrected chi connectivity index (χ1v) is 11.7. The fourth-order valence-corrected chi connectivity index (χ4v) is 3.83. The van der Waals surface area contributed by atoms with E-state index in [1.807, 2.05) is 67.6 Å². The van der Waals surface area contributed by atoms with E-state index in [1.54, 1.807) is 0 Å². The highest BCUT2D eigenvalue weighted by Crippen LogP contribution is 2.27. The number of benzene rings is 3. The van der Waals surface area contributed by atoms with Crippen LogP contribution < -0.4 is 4.74 Å². The molecule has 0 fully saturated rings. The van der Waals surface area contributed by atoms with Crippen molar-refractivity contribution in [2.75, 3.05) is 6.79 Å². The smallest absolute Gasteiger partial charge is 0.316 e. The molecule has 0 N–H and O–H groups in total. The Labute approximate surface area is 201 Å². The normalized spacial score (nSPS) is 11.5. The van der Waals surface area contributed by atoms with Gasteiger partial charge in [0.05, 0.1) is 5.92 Å². The van der Waals surface area contributed by atoms with Crippen LogP contribution in [0.3, 0.4) is 0 Å². The van der Waals surface area contributed by atoms with Gasteiger partial charge in [0.2, 0.25) is 6.79 Å². The molecule has 5 heteroatoms. The molecule has 3 rings (SSSR count). The van der Waals surface area contributed by atoms with E-state index in [0.717, 1.165) is 41.7 Å². The molecule has 0 aliphatic heterocycles. The highest BCUT2D eigenvalue weighted by atomic mass is 16.7. The van der Waals surface area contributed by atoms with E-state index in [4.69, 9.17) is 14.2 Å². The maximum Gasteiger partial charge on any atom is 0.316 e. The second-order valence-electron chi connectivity index (χ2n) is 8.18. The maximum absolute atomic E-state index is 12.7. The summed E-state index contributed by atoms with van der Waals surface area (Å²) in [4.78, 5) is 23.7. The highest BCUT2D eigenvalue weighted by molar-refractivity contribution is 5.78. The van der Waals surface area contributed by atoms with Crippen LogP contribution in [-0.2, 0) is 38.5 Å². The Balaban J connectivity index is 1.61. The van der Waals surface area contributed by atoms with Crippen LogP contribution in [0.5, 0.6) is 5.75 Å². The van der Waals surface area contributed by atoms with Crippen molar-refractivity contribution in [3.05, 3.63) is 101 Å². The van der Waals surface area contributed by atoms with Crippen LogP contribution in [0, 0.1) is 0 Å². The molecule has 0 amide bonds. The summed E-state index contributed by atoms with van der Waals surface area (Å²) in [5.74, 6) is -0.385. The molecule has 1 atom stereocenters. The third kappa shape index (κ3) is 7.77. The number of hydrogen-bond acceptors (Lipinski definition) is 5. The van der Waals surface area contributed by atoms with Gasteiger partial charge in [0.1, 0.15) is 12.4 Å². The first kappa shape index (κ1) is 25.0. The van der Waals surface area contributed by atoms with Crippen molar-refractivity contribution in [2.24, 2.45) is 0 Å². The Kier molecular flexibility index (Phi) is 9.71. The zero-order valence-electron chi connectivity index (χ0n) is 19.9. The highest BCUT2D eigenvalue weighted by Gasteiger charge is 2.24. The lowest BCUT2D eigenvalue weighted by Gasteiger charge is -2.19. The third-order valence-electron chi connectivity index (χ3n) is 5.61. The number of carbonyl (C=O) groups excluding carboxylic acids is 2. The summed E-state index contributed by atoms with van der Waals surface area (Å²) in [5.41, 5.74) is 4.43. The molecule has 0 bridgehead atoms. The second-order valence-corrected chi connectivity index (χ2v) is 8.18. The van der Waals surface area contributed by atoms with Crippen LogP contribution in [0.25, 0.3) is 0 Å². The minimum atomic E-state index is -0.475. The van der Waals surface area contributed by atoms with Crippen molar-refractivity contribution in [1.29, 1.82) is 0 Å². The predicted molar refractivity (Wildman–Crippen MR) is 131 cm³/mol. The molecule has 0 saturated carbocycles. The Morgan fingerprint density at radius 1 is 0.794 bits per heavy atom. The van der Waals surface area contributed by atoms with E-state index >= 15 is 0 Å². The summed E-state index contributed by atoms with van der Waals surface area (Å²) in [6.45, 7) is 3.51. The Bertz CT molecular complexity index is 1040. The summed E-state index contributed by atoms with van der Waals surface area (Å²) in [5, 5.41) is 0. The van der Waals surface area contributed by atoms with Crippen molar-refractivity contribution in [3.8, 4) is 5.75 Å². The molecule has 0 saturated heterocycles. The molecule has 1 unspecified atom stereocenters. The van der Waals surface area contributed by atoms with Gasteiger partial charge in [-0.15, -0.1) is 0 Å². The molecule has 3 aromatic rings. The van der Waals surface area contributed by atoms with E-state index < -0.39 is 5.97 Å². The Morgan fingerprint density at radius 3 is 2.21 bits per heavy atom. The van der Waals surface area contributed by atoms with E-state index in [9.17, 15) is 9.59 Å². The molecule has 0 radical (unpaired) electrons. The van der Waals surface area contributed by atoms with Gasteiger partial charge in [-0.05, 0) is 53.6 Å². The van der Waals surface area contributed by atoms with Crippen LogP contribution >= 0.6 is 0 Å². The Hall–Kier alpha value is -3.60. The molecule has 178 valence electrons. The van der Waals surface area contributed by atoms with Crippen molar-refractivity contribution in [3.63, 3.8) is 0 Å². The van der Waals surface area contributed by atoms with E-state index in [2.05, 4.69) is 18.2 Å². The predicted octanol–water partition coefficient (Wildman–Crippen LogP) is 6.00. The lowest BCUT2D eigenvalue weighted by molar-refractivity contribution is -0.166. The topological polar surface area (TPSA) is 61.8 Å². The first-order valence-electron chi connectivity index (χ1n) is 11.7. The number of esters is 2. The summed E-state index contributed by atoms with van der Waals surface area (Å²) < 4.78 is 15.9. The molecule has 0 aromatic heterocycles. The standard InChI is InChI=1S/C29H32O5/c1-3-9-28(29(31)34-21-33-22(2)30)27-13-8-7-12-25(27)17-14-23-15-18-26(19-16-23)32-20-24-10-5-4-6-11-24/h4-8,10-13,15-16,18-19,28H,3,9,14,17,20-21H2,1-2H3. The summed E-state index contributed by atoms with van der Waals surface area (Å²) in [7, 11) is 0. The minimum Gasteiger partial charge on any atom is -0.489 e. The fraction of sp³-hybridized carbons (Fsp3) is 0.310. The zero-order chi connectivity index (χ0) is 24.2. The number of rotatable bonds is 12. The van der Waals surface area contributed by atoms with Crippen molar-refractivity contribution >= 4 is 11.9 Å². The second kappa shape index (κ2) is 13.2. The van der Waals surface area contributed by atoms with Gasteiger partial charge in [0, 0.05) is 6.92 Å². The van der Waals surface area contributed by atoms with Gasteiger partial charge in [-0.25, -0.2) is 0 Å². The summed E-state index contributed by atoms with van der Waals surface area (Å²) in [6.07, 6.45) is 3.16. The minimum absolute atomic E-state index is 0.352. The van der Waals surface area contributed by atoms with Crippen LogP contribution in [0.15, 0.2) is 78.9 Å². The lowest BCUT2D eigenvalue weighted by atomic mass is 9.88. The van der Waals surface area contributed by atoms with E-state index in [1.165, 1.54) is 12.5 Å². The number of hydrogen-bond donors (Lipinski definition) is 0. The zero-order valence-corrected chi connectivity index (χ0v) is 19.9. The monoisotopic (exact) mass is 460 g/mol. The molecular weight excluding hydrogens is 428 g/mol. The first-order chi connectivity index (χ1) is 16.6. The van der Waals surface area contributed by atoms with Gasteiger partial charge in [-0.3, -0.25) is 9.59 Å². The SMILES string of the molecule is CCCC(C(=O)OCOC(C)=O)c1ccccc1CCc1ccc(OCc2ccccc2)cc1. The average Bonchev–Trinajstić information content (AvgIpc) is 2.86. The molecule has 34 heavy (non-hydrogen) atoms. The summed E-state index contributed by atoms with van der Waals surface area (Å²) >= 11 is 0. The number of ether oxygens (including phenoxy) is 3. The molecular formula is C29H32O5. The molecule has 0 heterocycles. The van der Waals surface area contributed by atoms with Gasteiger partial charge >= 0.3 is 11.9 Å². The van der Waals surface area contributed by atoms with Gasteiger partial charge < -0.3 is 14.2 Å². The molecule has 0 aliphatic rings. The van der Waals surface area contributed by atoms with Crippen LogP contribution in [0.1, 0.15) is 54.9 Å². The molecule has 0 spiro atoms. The molecule has 3 aromatic carbocycles. The summed E-state index contributed by atoms with van der Waals surface area (Å²) in [6, 6.07) is 26.2. The van der Waals surface area contributed by atoms with Crippen LogP contribution in [0.4, 0.5) is 0 Å². The maximum atomic E-state index is 12.7. The largest absolute Gasteiger partial charge is 0.489 e. The third-order valence-corrected chi connectivity index (χ3v) is 5.61. The van der Waals surface area contributed by atoms with Gasteiger partial charge in [0.15, 0.2) is 0 Å². The van der Waals surface area contributed by atoms with E-state index in [-0.39, 0.29) is 18.7 Å². The molecule has 0 aliphatic carbocycles. The molecule has 5 nitrogen and oxygen atoms in total. The van der Waals surface area contributed by atoms with Crippen molar-refractivity contribution < 1.29 is 23.8 Å². The quantitative estimate of drug-likeness (QED) is 0.245. The number of carbonyl (C=O) groups is 2. The van der Waals surface area contributed by atoms with Crippen LogP contribution in [-0.4, -0.2) is 18.7 Å². The lowest BCUT2D eigenvalue weighted by Crippen LogP contribution is -2.20. The van der Waals surface area contributed by atoms with Gasteiger partial charge in [-0.1, -0.05) is 80.1 Å². The van der Waals surface area contributed by atoms with Crippen molar-refractivity contribution in [2.45, 2.75) is 52.1 Å². The van der Waals surface area contributed by atoms with E-state index in [0.29, 0.717) is 13.0 Å². The average molecular weight is 461 g/mol. The number of aryl methyl sites for hydroxylation is 2. The van der Waals surface area contributed by atoms with Crippen molar-refractivity contribution in [1.82, 2.24) is 0 Å². The van der Waals surface area contributed by atoms with Gasteiger partial charge in [0.25, 0.3) is 0 Å².